The molecular weight excluding hydrogens is 652 g/mol. The fourth-order valence-electron chi connectivity index (χ4n) is 4.18. The maximum atomic E-state index is 13.9. The second-order valence-corrected chi connectivity index (χ2v) is 11.5. The average Bonchev–Trinajstić information content (AvgIpc) is 3.21. The Morgan fingerprint density at radius 2 is 1.85 bits per heavy atom. The average molecular weight is 680 g/mol. The highest BCUT2D eigenvalue weighted by molar-refractivity contribution is 9.11. The van der Waals surface area contributed by atoms with Crippen molar-refractivity contribution in [3.8, 4) is 17.2 Å². The fraction of sp³-hybridized carbons (Fsp3) is 0.321. The number of hydrogen-bond acceptors (Lipinski definition) is 8. The molecule has 4 rings (SSSR count). The van der Waals surface area contributed by atoms with Gasteiger partial charge in [-0.05, 0) is 79.5 Å². The van der Waals surface area contributed by atoms with Crippen LogP contribution >= 0.6 is 43.2 Å². The molecule has 0 amide bonds. The van der Waals surface area contributed by atoms with Crippen LogP contribution in [0, 0.1) is 0 Å². The standard InChI is InChI=1S/C28H28Br2N2O6S/c1-6-36-21-9-8-16(11-22(21)37-7-2)24-19(27(34)35-5)14-31-28-32(24)26(33)23(39-28)12-17-10-18(29)13-20(30)25(17)38-15(3)4/h8-15,24H,6-7H2,1-5H3/b23-12+/t24-/m0/s1. The van der Waals surface area contributed by atoms with Gasteiger partial charge in [0.1, 0.15) is 5.75 Å². The molecule has 8 nitrogen and oxygen atoms in total. The summed E-state index contributed by atoms with van der Waals surface area (Å²) in [6, 6.07) is 8.39. The van der Waals surface area contributed by atoms with Crippen LogP contribution in [0.1, 0.15) is 44.9 Å². The van der Waals surface area contributed by atoms with Crippen molar-refractivity contribution in [3.05, 3.63) is 81.9 Å². The van der Waals surface area contributed by atoms with Crippen LogP contribution in [0.5, 0.6) is 17.2 Å². The number of aromatic nitrogens is 1. The number of rotatable bonds is 9. The van der Waals surface area contributed by atoms with Gasteiger partial charge < -0.3 is 18.9 Å². The van der Waals surface area contributed by atoms with Crippen molar-refractivity contribution in [2.24, 2.45) is 4.99 Å². The molecule has 0 radical (unpaired) electrons. The van der Waals surface area contributed by atoms with E-state index in [4.69, 9.17) is 18.9 Å². The molecule has 1 aliphatic heterocycles. The van der Waals surface area contributed by atoms with Gasteiger partial charge in [-0.3, -0.25) is 9.36 Å². The Morgan fingerprint density at radius 1 is 1.13 bits per heavy atom. The van der Waals surface area contributed by atoms with Gasteiger partial charge in [-0.15, -0.1) is 0 Å². The van der Waals surface area contributed by atoms with Crippen LogP contribution in [0.25, 0.3) is 6.08 Å². The van der Waals surface area contributed by atoms with Crippen LogP contribution in [0.2, 0.25) is 0 Å². The molecule has 0 aliphatic carbocycles. The number of methoxy groups -OCH3 is 1. The van der Waals surface area contributed by atoms with Crippen molar-refractivity contribution in [3.63, 3.8) is 0 Å². The van der Waals surface area contributed by atoms with Crippen molar-refractivity contribution in [2.45, 2.75) is 39.8 Å². The van der Waals surface area contributed by atoms with Gasteiger partial charge in [0, 0.05) is 16.2 Å². The van der Waals surface area contributed by atoms with Crippen LogP contribution in [0.3, 0.4) is 0 Å². The van der Waals surface area contributed by atoms with Crippen molar-refractivity contribution in [1.29, 1.82) is 0 Å². The molecule has 0 bridgehead atoms. The zero-order valence-electron chi connectivity index (χ0n) is 22.1. The van der Waals surface area contributed by atoms with E-state index in [2.05, 4.69) is 36.9 Å². The minimum atomic E-state index is -0.772. The molecule has 1 aromatic heterocycles. The molecule has 3 aromatic rings. The Labute approximate surface area is 246 Å². The number of hydrogen-bond donors (Lipinski definition) is 0. The van der Waals surface area contributed by atoms with Crippen molar-refractivity contribution in [1.82, 2.24) is 4.57 Å². The van der Waals surface area contributed by atoms with Crippen molar-refractivity contribution < 1.29 is 23.7 Å². The third kappa shape index (κ3) is 6.15. The maximum absolute atomic E-state index is 13.9. The lowest BCUT2D eigenvalue weighted by molar-refractivity contribution is -0.136. The molecular formula is C28H28Br2N2O6S. The van der Waals surface area contributed by atoms with E-state index in [1.807, 2.05) is 45.9 Å². The predicted octanol–water partition coefficient (Wildman–Crippen LogP) is 5.13. The van der Waals surface area contributed by atoms with Gasteiger partial charge >= 0.3 is 5.97 Å². The summed E-state index contributed by atoms with van der Waals surface area (Å²) < 4.78 is 26.2. The molecule has 0 spiro atoms. The van der Waals surface area contributed by atoms with Crippen LogP contribution in [-0.2, 0) is 9.53 Å². The molecule has 0 saturated heterocycles. The molecule has 1 aliphatic rings. The van der Waals surface area contributed by atoms with E-state index in [0.29, 0.717) is 45.4 Å². The third-order valence-electron chi connectivity index (χ3n) is 5.69. The van der Waals surface area contributed by atoms with E-state index in [-0.39, 0.29) is 17.2 Å². The lowest BCUT2D eigenvalue weighted by Gasteiger charge is -2.23. The summed E-state index contributed by atoms with van der Waals surface area (Å²) in [5, 5.41) is 0. The van der Waals surface area contributed by atoms with Gasteiger partial charge in [0.25, 0.3) is 5.56 Å². The molecule has 0 fully saturated rings. The van der Waals surface area contributed by atoms with E-state index in [0.717, 1.165) is 14.5 Å². The molecule has 0 unspecified atom stereocenters. The van der Waals surface area contributed by atoms with Gasteiger partial charge in [0.15, 0.2) is 16.3 Å². The SMILES string of the molecule is CCOc1ccc([C@H]2C(C(=O)OC)=CN=c3s/c(=C/c4cc(Br)cc(Br)c4OC(C)C)c(=O)n32)cc1OCC. The molecule has 39 heavy (non-hydrogen) atoms. The smallest absolute Gasteiger partial charge is 0.337 e. The fourth-order valence-corrected chi connectivity index (χ4v) is 6.49. The van der Waals surface area contributed by atoms with E-state index in [1.54, 1.807) is 18.2 Å². The summed E-state index contributed by atoms with van der Waals surface area (Å²) in [6.45, 7) is 8.54. The third-order valence-corrected chi connectivity index (χ3v) is 7.73. The number of carbonyl (C=O) groups is 1. The van der Waals surface area contributed by atoms with E-state index >= 15 is 0 Å². The van der Waals surface area contributed by atoms with E-state index in [9.17, 15) is 9.59 Å². The molecule has 2 heterocycles. The molecule has 0 N–H and O–H groups in total. The van der Waals surface area contributed by atoms with Crippen LogP contribution < -0.4 is 29.1 Å². The zero-order valence-corrected chi connectivity index (χ0v) is 26.1. The first kappa shape index (κ1) is 29.1. The number of fused-ring (bicyclic) bond motifs is 1. The highest BCUT2D eigenvalue weighted by Crippen LogP contribution is 2.36. The van der Waals surface area contributed by atoms with Gasteiger partial charge in [-0.25, -0.2) is 9.79 Å². The number of halogens is 2. The summed E-state index contributed by atoms with van der Waals surface area (Å²) in [5.41, 5.74) is 1.32. The molecule has 2 aromatic carbocycles. The van der Waals surface area contributed by atoms with Gasteiger partial charge in [0.05, 0.1) is 47.0 Å². The zero-order chi connectivity index (χ0) is 28.3. The Balaban J connectivity index is 1.93. The monoisotopic (exact) mass is 678 g/mol. The molecule has 11 heteroatoms. The Kier molecular flexibility index (Phi) is 9.35. The lowest BCUT2D eigenvalue weighted by atomic mass is 9.97. The number of ether oxygens (including phenoxy) is 4. The van der Waals surface area contributed by atoms with Crippen LogP contribution in [0.15, 0.2) is 60.8 Å². The normalized spacial score (nSPS) is 14.9. The minimum absolute atomic E-state index is 0.0716. The lowest BCUT2D eigenvalue weighted by Crippen LogP contribution is -2.39. The highest BCUT2D eigenvalue weighted by Gasteiger charge is 2.31. The Bertz CT molecular complexity index is 1610. The van der Waals surface area contributed by atoms with E-state index in [1.165, 1.54) is 29.2 Å². The topological polar surface area (TPSA) is 88.4 Å². The Hall–Kier alpha value is -2.89. The first-order valence-electron chi connectivity index (χ1n) is 12.3. The quantitative estimate of drug-likeness (QED) is 0.292. The molecule has 206 valence electrons. The summed E-state index contributed by atoms with van der Waals surface area (Å²) in [4.78, 5) is 31.6. The van der Waals surface area contributed by atoms with Gasteiger partial charge in [-0.2, -0.15) is 0 Å². The second-order valence-electron chi connectivity index (χ2n) is 8.72. The highest BCUT2D eigenvalue weighted by atomic mass is 79.9. The van der Waals surface area contributed by atoms with Gasteiger partial charge in [-0.1, -0.05) is 33.3 Å². The molecule has 1 atom stereocenters. The first-order valence-corrected chi connectivity index (χ1v) is 14.7. The minimum Gasteiger partial charge on any atom is -0.490 e. The number of benzene rings is 2. The first-order chi connectivity index (χ1) is 18.7. The van der Waals surface area contributed by atoms with Gasteiger partial charge in [0.2, 0.25) is 0 Å². The maximum Gasteiger partial charge on any atom is 0.337 e. The number of thiazole rings is 1. The number of esters is 1. The van der Waals surface area contributed by atoms with Crippen LogP contribution in [-0.4, -0.2) is 37.0 Å². The summed E-state index contributed by atoms with van der Waals surface area (Å²) >= 11 is 8.32. The second kappa shape index (κ2) is 12.5. The summed E-state index contributed by atoms with van der Waals surface area (Å²) in [7, 11) is 1.30. The summed E-state index contributed by atoms with van der Waals surface area (Å²) in [6.07, 6.45) is 3.17. The largest absolute Gasteiger partial charge is 0.490 e. The number of nitrogens with zero attached hydrogens (tertiary/aromatic N) is 2. The van der Waals surface area contributed by atoms with Crippen LogP contribution in [0.4, 0.5) is 0 Å². The van der Waals surface area contributed by atoms with E-state index < -0.39 is 12.0 Å². The predicted molar refractivity (Wildman–Crippen MR) is 158 cm³/mol. The van der Waals surface area contributed by atoms with Crippen molar-refractivity contribution in [2.75, 3.05) is 20.3 Å². The summed E-state index contributed by atoms with van der Waals surface area (Å²) in [5.74, 6) is 1.15. The Morgan fingerprint density at radius 3 is 2.51 bits per heavy atom. The molecule has 0 saturated carbocycles. The van der Waals surface area contributed by atoms with Crippen molar-refractivity contribution >= 4 is 55.2 Å². The number of carbonyl (C=O) groups excluding carboxylic acids is 1.